The van der Waals surface area contributed by atoms with E-state index in [1.807, 2.05) is 0 Å². The minimum Gasteiger partial charge on any atom is -0.314 e. The Morgan fingerprint density at radius 3 is 2.67 bits per heavy atom. The Hall–Kier alpha value is -0.300. The van der Waals surface area contributed by atoms with Crippen molar-refractivity contribution in [1.29, 1.82) is 0 Å². The number of hydrogen-bond acceptors (Lipinski definition) is 1. The molecule has 0 saturated heterocycles. The Morgan fingerprint density at radius 1 is 1.20 bits per heavy atom. The normalized spacial score (nSPS) is 28.7. The Kier molecular flexibility index (Phi) is 4.25. The van der Waals surface area contributed by atoms with Gasteiger partial charge in [-0.1, -0.05) is 31.4 Å². The van der Waals surface area contributed by atoms with Crippen LogP contribution >= 0.6 is 0 Å². The van der Waals surface area contributed by atoms with E-state index in [2.05, 4.69) is 24.4 Å². The summed E-state index contributed by atoms with van der Waals surface area (Å²) >= 11 is 0. The summed E-state index contributed by atoms with van der Waals surface area (Å²) in [4.78, 5) is 0. The Labute approximate surface area is 94.3 Å². The van der Waals surface area contributed by atoms with Crippen LogP contribution in [0.2, 0.25) is 0 Å². The first kappa shape index (κ1) is 11.2. The molecule has 0 aromatic rings. The summed E-state index contributed by atoms with van der Waals surface area (Å²) in [5, 5.41) is 3.72. The van der Waals surface area contributed by atoms with Crippen molar-refractivity contribution < 1.29 is 0 Å². The first-order valence-corrected chi connectivity index (χ1v) is 6.73. The molecular weight excluding hydrogens is 182 g/mol. The molecule has 1 nitrogen and oxygen atoms in total. The second kappa shape index (κ2) is 5.69. The molecule has 1 saturated carbocycles. The highest BCUT2D eigenvalue weighted by Crippen LogP contribution is 2.30. The van der Waals surface area contributed by atoms with E-state index in [4.69, 9.17) is 0 Å². The average Bonchev–Trinajstić information content (AvgIpc) is 2.22. The molecule has 0 aromatic heterocycles. The van der Waals surface area contributed by atoms with E-state index in [9.17, 15) is 0 Å². The Balaban J connectivity index is 1.57. The van der Waals surface area contributed by atoms with Crippen LogP contribution in [0.15, 0.2) is 12.2 Å². The third-order valence-corrected chi connectivity index (χ3v) is 4.04. The highest BCUT2D eigenvalue weighted by molar-refractivity contribution is 4.90. The van der Waals surface area contributed by atoms with Gasteiger partial charge in [0.05, 0.1) is 0 Å². The molecule has 2 aliphatic carbocycles. The zero-order chi connectivity index (χ0) is 10.5. The van der Waals surface area contributed by atoms with Crippen LogP contribution in [0.1, 0.15) is 51.9 Å². The summed E-state index contributed by atoms with van der Waals surface area (Å²) in [7, 11) is 0. The van der Waals surface area contributed by atoms with Gasteiger partial charge < -0.3 is 5.32 Å². The van der Waals surface area contributed by atoms with E-state index in [1.54, 1.807) is 0 Å². The highest BCUT2D eigenvalue weighted by Gasteiger charge is 2.20. The molecule has 0 heterocycles. The summed E-state index contributed by atoms with van der Waals surface area (Å²) in [5.74, 6) is 1.94. The predicted octanol–water partition coefficient (Wildman–Crippen LogP) is 3.51. The molecule has 0 radical (unpaired) electrons. The van der Waals surface area contributed by atoms with Crippen molar-refractivity contribution in [3.05, 3.63) is 12.2 Å². The lowest BCUT2D eigenvalue weighted by atomic mass is 9.81. The van der Waals surface area contributed by atoms with E-state index in [1.165, 1.54) is 51.5 Å². The maximum Gasteiger partial charge on any atom is 0.00414 e. The van der Waals surface area contributed by atoms with Crippen molar-refractivity contribution in [3.8, 4) is 0 Å². The van der Waals surface area contributed by atoms with E-state index in [0.717, 1.165) is 17.9 Å². The topological polar surface area (TPSA) is 12.0 Å². The van der Waals surface area contributed by atoms with Gasteiger partial charge in [0.25, 0.3) is 0 Å². The Morgan fingerprint density at radius 2 is 2.07 bits per heavy atom. The van der Waals surface area contributed by atoms with E-state index in [-0.39, 0.29) is 0 Å². The van der Waals surface area contributed by atoms with Gasteiger partial charge in [0, 0.05) is 6.04 Å². The number of hydrogen-bond donors (Lipinski definition) is 1. The minimum atomic E-state index is 0.737. The van der Waals surface area contributed by atoms with Crippen molar-refractivity contribution in [1.82, 2.24) is 5.32 Å². The quantitative estimate of drug-likeness (QED) is 0.680. The molecule has 1 heteroatoms. The minimum absolute atomic E-state index is 0.737. The van der Waals surface area contributed by atoms with Gasteiger partial charge in [-0.3, -0.25) is 0 Å². The second-order valence-corrected chi connectivity index (χ2v) is 5.49. The number of nitrogens with one attached hydrogen (secondary N) is 1. The number of rotatable bonds is 5. The number of allylic oxidation sites excluding steroid dienone is 2. The smallest absolute Gasteiger partial charge is 0.00414 e. The van der Waals surface area contributed by atoms with Crippen molar-refractivity contribution in [2.75, 3.05) is 6.54 Å². The summed E-state index contributed by atoms with van der Waals surface area (Å²) in [6.07, 6.45) is 14.5. The lowest BCUT2D eigenvalue weighted by Gasteiger charge is -2.29. The third kappa shape index (κ3) is 3.64. The summed E-state index contributed by atoms with van der Waals surface area (Å²) in [6, 6.07) is 0.737. The lowest BCUT2D eigenvalue weighted by Crippen LogP contribution is -2.34. The molecule has 15 heavy (non-hydrogen) atoms. The molecule has 1 fully saturated rings. The fourth-order valence-corrected chi connectivity index (χ4v) is 2.72. The van der Waals surface area contributed by atoms with E-state index in [0.29, 0.717) is 0 Å². The van der Waals surface area contributed by atoms with Crippen LogP contribution in [-0.4, -0.2) is 12.6 Å². The molecule has 0 aliphatic heterocycles. The van der Waals surface area contributed by atoms with Gasteiger partial charge in [-0.25, -0.2) is 0 Å². The van der Waals surface area contributed by atoms with Crippen LogP contribution < -0.4 is 5.32 Å². The summed E-state index contributed by atoms with van der Waals surface area (Å²) in [6.45, 7) is 3.59. The van der Waals surface area contributed by atoms with Crippen molar-refractivity contribution >= 4 is 0 Å². The van der Waals surface area contributed by atoms with Gasteiger partial charge in [-0.15, -0.1) is 0 Å². The van der Waals surface area contributed by atoms with Gasteiger partial charge >= 0.3 is 0 Å². The lowest BCUT2D eigenvalue weighted by molar-refractivity contribution is 0.260. The SMILES string of the molecule is CC(CC1CCC1)NCC1CC=CCC1. The molecule has 0 aromatic carbocycles. The van der Waals surface area contributed by atoms with Gasteiger partial charge in [-0.2, -0.15) is 0 Å². The first-order valence-electron chi connectivity index (χ1n) is 6.73. The molecule has 0 amide bonds. The largest absolute Gasteiger partial charge is 0.314 e. The van der Waals surface area contributed by atoms with Crippen LogP contribution in [-0.2, 0) is 0 Å². The second-order valence-electron chi connectivity index (χ2n) is 5.49. The van der Waals surface area contributed by atoms with Crippen LogP contribution in [0.25, 0.3) is 0 Å². The maximum atomic E-state index is 3.72. The van der Waals surface area contributed by atoms with Crippen LogP contribution in [0.3, 0.4) is 0 Å². The molecule has 1 N–H and O–H groups in total. The third-order valence-electron chi connectivity index (χ3n) is 4.04. The van der Waals surface area contributed by atoms with Crippen LogP contribution in [0.4, 0.5) is 0 Å². The Bertz CT molecular complexity index is 205. The van der Waals surface area contributed by atoms with Crippen molar-refractivity contribution in [2.24, 2.45) is 11.8 Å². The van der Waals surface area contributed by atoms with Crippen LogP contribution in [0.5, 0.6) is 0 Å². The maximum absolute atomic E-state index is 3.72. The highest BCUT2D eigenvalue weighted by atomic mass is 14.9. The zero-order valence-corrected chi connectivity index (χ0v) is 10.0. The monoisotopic (exact) mass is 207 g/mol. The fraction of sp³-hybridized carbons (Fsp3) is 0.857. The van der Waals surface area contributed by atoms with Crippen molar-refractivity contribution in [2.45, 2.75) is 57.9 Å². The molecule has 2 rings (SSSR count). The molecule has 0 bridgehead atoms. The molecule has 0 spiro atoms. The molecule has 2 unspecified atom stereocenters. The fourth-order valence-electron chi connectivity index (χ4n) is 2.72. The van der Waals surface area contributed by atoms with Crippen LogP contribution in [0, 0.1) is 11.8 Å². The van der Waals surface area contributed by atoms with E-state index < -0.39 is 0 Å². The first-order chi connectivity index (χ1) is 7.34. The molecular formula is C14H25N. The zero-order valence-electron chi connectivity index (χ0n) is 10.0. The summed E-state index contributed by atoms with van der Waals surface area (Å²) in [5.41, 5.74) is 0. The molecule has 2 atom stereocenters. The molecule has 86 valence electrons. The summed E-state index contributed by atoms with van der Waals surface area (Å²) < 4.78 is 0. The van der Waals surface area contributed by atoms with Gasteiger partial charge in [-0.05, 0) is 51.0 Å². The van der Waals surface area contributed by atoms with Gasteiger partial charge in [0.2, 0.25) is 0 Å². The predicted molar refractivity (Wildman–Crippen MR) is 65.9 cm³/mol. The van der Waals surface area contributed by atoms with Gasteiger partial charge in [0.1, 0.15) is 0 Å². The van der Waals surface area contributed by atoms with E-state index >= 15 is 0 Å². The average molecular weight is 207 g/mol. The van der Waals surface area contributed by atoms with Gasteiger partial charge in [0.15, 0.2) is 0 Å². The molecule has 2 aliphatic rings. The standard InChI is InChI=1S/C14H25N/c1-12(10-13-8-5-9-13)15-11-14-6-3-2-4-7-14/h2-3,12-15H,4-11H2,1H3. The van der Waals surface area contributed by atoms with Crippen molar-refractivity contribution in [3.63, 3.8) is 0 Å².